The number of likely N-dealkylation sites (tertiary alicyclic amines) is 1. The lowest BCUT2D eigenvalue weighted by Gasteiger charge is -2.34. The van der Waals surface area contributed by atoms with E-state index in [2.05, 4.69) is 0 Å². The number of piperidine rings is 1. The average Bonchev–Trinajstić information content (AvgIpc) is 3.34. The minimum atomic E-state index is -3.56. The highest BCUT2D eigenvalue weighted by molar-refractivity contribution is 7.89. The number of methoxy groups -OCH3 is 2. The van der Waals surface area contributed by atoms with E-state index in [1.54, 1.807) is 26.4 Å². The first-order valence-electron chi connectivity index (χ1n) is 11.9. The van der Waals surface area contributed by atoms with Crippen LogP contribution < -0.4 is 9.47 Å². The number of aryl methyl sites for hydroxylation is 2. The monoisotopic (exact) mass is 486 g/mol. The third-order valence-electron chi connectivity index (χ3n) is 7.25. The zero-order chi connectivity index (χ0) is 24.5. The summed E-state index contributed by atoms with van der Waals surface area (Å²) < 4.78 is 38.7. The second-order valence-electron chi connectivity index (χ2n) is 9.22. The van der Waals surface area contributed by atoms with Crippen molar-refractivity contribution in [3.8, 4) is 11.5 Å². The molecule has 34 heavy (non-hydrogen) atoms. The molecule has 184 valence electrons. The number of benzene rings is 2. The summed E-state index contributed by atoms with van der Waals surface area (Å²) in [5.41, 5.74) is 3.01. The van der Waals surface area contributed by atoms with Gasteiger partial charge in [0, 0.05) is 37.2 Å². The molecule has 0 saturated carbocycles. The van der Waals surface area contributed by atoms with Crippen molar-refractivity contribution < 1.29 is 22.7 Å². The van der Waals surface area contributed by atoms with Gasteiger partial charge in [-0.3, -0.25) is 4.79 Å². The van der Waals surface area contributed by atoms with Crippen LogP contribution in [0.15, 0.2) is 41.3 Å². The number of carbonyl (C=O) groups is 1. The van der Waals surface area contributed by atoms with Crippen LogP contribution in [0.2, 0.25) is 0 Å². The van der Waals surface area contributed by atoms with Crippen molar-refractivity contribution in [2.75, 3.05) is 33.9 Å². The Morgan fingerprint density at radius 3 is 2.29 bits per heavy atom. The van der Waals surface area contributed by atoms with Gasteiger partial charge in [-0.1, -0.05) is 6.07 Å². The average molecular weight is 487 g/mol. The molecule has 2 aliphatic heterocycles. The smallest absolute Gasteiger partial charge is 0.243 e. The highest BCUT2D eigenvalue weighted by Gasteiger charge is 2.38. The fourth-order valence-corrected chi connectivity index (χ4v) is 6.60. The van der Waals surface area contributed by atoms with Gasteiger partial charge < -0.3 is 14.4 Å². The molecule has 0 radical (unpaired) electrons. The summed E-state index contributed by atoms with van der Waals surface area (Å²) in [5.74, 6) is 1.38. The number of amides is 1. The van der Waals surface area contributed by atoms with Gasteiger partial charge in [0.1, 0.15) is 11.5 Å². The standard InChI is InChI=1S/C26H34N2O5S/c1-18-7-9-22(16-19(18)2)34(30,31)27-14-11-20(12-15-27)26(29)28-13-5-6-24(28)23-10-8-21(32-3)17-25(23)33-4/h7-10,16-17,20,24H,5-6,11-15H2,1-4H3/t24-/m1/s1. The molecule has 0 aliphatic carbocycles. The minimum Gasteiger partial charge on any atom is -0.497 e. The van der Waals surface area contributed by atoms with Gasteiger partial charge in [0.05, 0.1) is 25.2 Å². The van der Waals surface area contributed by atoms with Crippen molar-refractivity contribution in [2.45, 2.75) is 50.5 Å². The Bertz CT molecular complexity index is 1160. The van der Waals surface area contributed by atoms with Crippen molar-refractivity contribution in [2.24, 2.45) is 5.92 Å². The molecule has 2 heterocycles. The summed E-state index contributed by atoms with van der Waals surface area (Å²) in [4.78, 5) is 15.8. The van der Waals surface area contributed by atoms with Gasteiger partial charge in [-0.2, -0.15) is 4.31 Å². The molecule has 2 aromatic rings. The Balaban J connectivity index is 1.45. The van der Waals surface area contributed by atoms with E-state index < -0.39 is 10.0 Å². The summed E-state index contributed by atoms with van der Waals surface area (Å²) in [6.07, 6.45) is 2.89. The molecule has 0 unspecified atom stereocenters. The first-order chi connectivity index (χ1) is 16.3. The van der Waals surface area contributed by atoms with Crippen molar-refractivity contribution in [3.63, 3.8) is 0 Å². The Morgan fingerprint density at radius 2 is 1.65 bits per heavy atom. The van der Waals surface area contributed by atoms with Gasteiger partial charge in [0.25, 0.3) is 0 Å². The van der Waals surface area contributed by atoms with E-state index in [0.29, 0.717) is 43.1 Å². The van der Waals surface area contributed by atoms with Crippen LogP contribution in [0.1, 0.15) is 48.4 Å². The van der Waals surface area contributed by atoms with Gasteiger partial charge in [-0.15, -0.1) is 0 Å². The van der Waals surface area contributed by atoms with Crippen LogP contribution >= 0.6 is 0 Å². The molecule has 0 spiro atoms. The largest absolute Gasteiger partial charge is 0.497 e. The molecule has 4 rings (SSSR count). The van der Waals surface area contributed by atoms with Crippen LogP contribution in [0.3, 0.4) is 0 Å². The zero-order valence-corrected chi connectivity index (χ0v) is 21.2. The van der Waals surface area contributed by atoms with Crippen molar-refractivity contribution in [1.29, 1.82) is 0 Å². The fourth-order valence-electron chi connectivity index (χ4n) is 5.05. The maximum atomic E-state index is 13.5. The molecule has 0 bridgehead atoms. The third kappa shape index (κ3) is 4.66. The number of carbonyl (C=O) groups excluding carboxylic acids is 1. The highest BCUT2D eigenvalue weighted by Crippen LogP contribution is 2.40. The first-order valence-corrected chi connectivity index (χ1v) is 13.3. The van der Waals surface area contributed by atoms with Gasteiger partial charge in [-0.05, 0) is 74.9 Å². The predicted octanol–water partition coefficient (Wildman–Crippen LogP) is 4.09. The summed E-state index contributed by atoms with van der Waals surface area (Å²) in [6.45, 7) is 5.31. The molecule has 0 aromatic heterocycles. The van der Waals surface area contributed by atoms with Gasteiger partial charge in [0.15, 0.2) is 0 Å². The van der Waals surface area contributed by atoms with Gasteiger partial charge >= 0.3 is 0 Å². The molecule has 1 atom stereocenters. The summed E-state index contributed by atoms with van der Waals surface area (Å²) >= 11 is 0. The highest BCUT2D eigenvalue weighted by atomic mass is 32.2. The second-order valence-corrected chi connectivity index (χ2v) is 11.2. The topological polar surface area (TPSA) is 76.2 Å². The number of ether oxygens (including phenoxy) is 2. The lowest BCUT2D eigenvalue weighted by Crippen LogP contribution is -2.44. The van der Waals surface area contributed by atoms with Crippen LogP contribution in [0.5, 0.6) is 11.5 Å². The van der Waals surface area contributed by atoms with Gasteiger partial charge in [-0.25, -0.2) is 8.42 Å². The van der Waals surface area contributed by atoms with E-state index >= 15 is 0 Å². The van der Waals surface area contributed by atoms with E-state index in [0.717, 1.165) is 35.3 Å². The first kappa shape index (κ1) is 24.5. The van der Waals surface area contributed by atoms with Crippen molar-refractivity contribution in [1.82, 2.24) is 9.21 Å². The summed E-state index contributed by atoms with van der Waals surface area (Å²) in [7, 11) is -0.311. The quantitative estimate of drug-likeness (QED) is 0.615. The minimum absolute atomic E-state index is 0.0364. The van der Waals surface area contributed by atoms with E-state index in [1.807, 2.05) is 43.0 Å². The molecular formula is C26H34N2O5S. The molecule has 0 N–H and O–H groups in total. The lowest BCUT2D eigenvalue weighted by molar-refractivity contribution is -0.137. The Morgan fingerprint density at radius 1 is 0.912 bits per heavy atom. The maximum absolute atomic E-state index is 13.5. The SMILES string of the molecule is COc1ccc([C@H]2CCCN2C(=O)C2CCN(S(=O)(=O)c3ccc(C)c(C)c3)CC2)c(OC)c1. The van der Waals surface area contributed by atoms with E-state index in [9.17, 15) is 13.2 Å². The normalized spacial score (nSPS) is 19.9. The number of rotatable bonds is 6. The van der Waals surface area contributed by atoms with Crippen LogP contribution in [-0.4, -0.2) is 57.4 Å². The number of hydrogen-bond acceptors (Lipinski definition) is 5. The van der Waals surface area contributed by atoms with E-state index in [4.69, 9.17) is 9.47 Å². The van der Waals surface area contributed by atoms with E-state index in [1.165, 1.54) is 4.31 Å². The maximum Gasteiger partial charge on any atom is 0.243 e. The lowest BCUT2D eigenvalue weighted by atomic mass is 9.95. The van der Waals surface area contributed by atoms with Crippen LogP contribution in [0.25, 0.3) is 0 Å². The fraction of sp³-hybridized carbons (Fsp3) is 0.500. The molecule has 2 aromatic carbocycles. The summed E-state index contributed by atoms with van der Waals surface area (Å²) in [5, 5.41) is 0. The molecule has 2 aliphatic rings. The van der Waals surface area contributed by atoms with Crippen molar-refractivity contribution >= 4 is 15.9 Å². The molecule has 2 fully saturated rings. The van der Waals surface area contributed by atoms with Crippen molar-refractivity contribution in [3.05, 3.63) is 53.1 Å². The third-order valence-corrected chi connectivity index (χ3v) is 9.15. The molecule has 8 heteroatoms. The number of hydrogen-bond donors (Lipinski definition) is 0. The molecule has 1 amide bonds. The predicted molar refractivity (Wildman–Crippen MR) is 131 cm³/mol. The Hall–Kier alpha value is -2.58. The van der Waals surface area contributed by atoms with Crippen LogP contribution in [-0.2, 0) is 14.8 Å². The molecule has 2 saturated heterocycles. The zero-order valence-electron chi connectivity index (χ0n) is 20.4. The Kier molecular flexibility index (Phi) is 7.19. The molecule has 7 nitrogen and oxygen atoms in total. The van der Waals surface area contributed by atoms with Gasteiger partial charge in [0.2, 0.25) is 15.9 Å². The van der Waals surface area contributed by atoms with Crippen LogP contribution in [0.4, 0.5) is 0 Å². The number of sulfonamides is 1. The van der Waals surface area contributed by atoms with Crippen LogP contribution in [0, 0.1) is 19.8 Å². The Labute approximate surface area is 202 Å². The number of nitrogens with zero attached hydrogens (tertiary/aromatic N) is 2. The summed E-state index contributed by atoms with van der Waals surface area (Å²) in [6, 6.07) is 10.9. The molecular weight excluding hydrogens is 452 g/mol. The van der Waals surface area contributed by atoms with E-state index in [-0.39, 0.29) is 17.9 Å². The second kappa shape index (κ2) is 9.96.